The predicted molar refractivity (Wildman–Crippen MR) is 90.0 cm³/mol. The summed E-state index contributed by atoms with van der Waals surface area (Å²) in [6.07, 6.45) is 2.79. The predicted octanol–water partition coefficient (Wildman–Crippen LogP) is 2.77. The molecule has 7 heteroatoms. The van der Waals surface area contributed by atoms with Crippen LogP contribution in [0, 0.1) is 0 Å². The first kappa shape index (κ1) is 16.9. The first-order chi connectivity index (χ1) is 10.7. The number of nitrogens with zero attached hydrogens (tertiary/aromatic N) is 2. The molecular formula is C15H19N3O2S2. The summed E-state index contributed by atoms with van der Waals surface area (Å²) < 4.78 is 5.46. The van der Waals surface area contributed by atoms with Gasteiger partial charge in [-0.25, -0.2) is 0 Å². The third-order valence-corrected chi connectivity index (χ3v) is 4.39. The van der Waals surface area contributed by atoms with Crippen molar-refractivity contribution < 1.29 is 9.21 Å². The average Bonchev–Trinajstić information content (AvgIpc) is 2.96. The van der Waals surface area contributed by atoms with Gasteiger partial charge >= 0.3 is 0 Å². The molecule has 0 bridgehead atoms. The molecule has 1 atom stereocenters. The van der Waals surface area contributed by atoms with Crippen molar-refractivity contribution >= 4 is 29.4 Å². The van der Waals surface area contributed by atoms with Gasteiger partial charge in [-0.2, -0.15) is 11.8 Å². The third-order valence-electron chi connectivity index (χ3n) is 2.92. The molecule has 0 spiro atoms. The highest BCUT2D eigenvalue weighted by Crippen LogP contribution is 2.22. The van der Waals surface area contributed by atoms with Gasteiger partial charge in [-0.05, 0) is 25.2 Å². The molecule has 2 rings (SSSR count). The lowest BCUT2D eigenvalue weighted by molar-refractivity contribution is -0.120. The van der Waals surface area contributed by atoms with Gasteiger partial charge in [0.15, 0.2) is 0 Å². The van der Waals surface area contributed by atoms with Crippen molar-refractivity contribution in [3.63, 3.8) is 0 Å². The minimum atomic E-state index is -0.265. The van der Waals surface area contributed by atoms with Crippen LogP contribution in [0.4, 0.5) is 0 Å². The molecule has 5 nitrogen and oxygen atoms in total. The maximum absolute atomic E-state index is 12.0. The van der Waals surface area contributed by atoms with Gasteiger partial charge in [0, 0.05) is 6.54 Å². The van der Waals surface area contributed by atoms with E-state index in [0.29, 0.717) is 23.4 Å². The molecule has 0 saturated heterocycles. The SMILES string of the molecule is CSCc1nnc(SC(C)C(=O)NCCc2ccccc2)o1. The Balaban J connectivity index is 1.74. The highest BCUT2D eigenvalue weighted by molar-refractivity contribution is 8.00. The maximum atomic E-state index is 12.0. The van der Waals surface area contributed by atoms with Crippen LogP contribution in [-0.4, -0.2) is 34.2 Å². The number of hydrogen-bond acceptors (Lipinski definition) is 6. The van der Waals surface area contributed by atoms with E-state index >= 15 is 0 Å². The zero-order chi connectivity index (χ0) is 15.8. The van der Waals surface area contributed by atoms with Crippen molar-refractivity contribution in [1.82, 2.24) is 15.5 Å². The largest absolute Gasteiger partial charge is 0.415 e. The summed E-state index contributed by atoms with van der Waals surface area (Å²) >= 11 is 2.90. The molecule has 0 radical (unpaired) electrons. The Labute approximate surface area is 138 Å². The van der Waals surface area contributed by atoms with Crippen LogP contribution in [0.5, 0.6) is 0 Å². The van der Waals surface area contributed by atoms with Gasteiger partial charge in [-0.15, -0.1) is 10.2 Å². The number of carbonyl (C=O) groups is 1. The van der Waals surface area contributed by atoms with Gasteiger partial charge < -0.3 is 9.73 Å². The first-order valence-electron chi connectivity index (χ1n) is 6.98. The minimum absolute atomic E-state index is 0.0226. The van der Waals surface area contributed by atoms with Gasteiger partial charge in [-0.3, -0.25) is 4.79 Å². The van der Waals surface area contributed by atoms with E-state index in [-0.39, 0.29) is 11.2 Å². The summed E-state index contributed by atoms with van der Waals surface area (Å²) in [5.74, 6) is 1.25. The van der Waals surface area contributed by atoms with E-state index in [2.05, 4.69) is 27.6 Å². The normalized spacial score (nSPS) is 12.1. The fraction of sp³-hybridized carbons (Fsp3) is 0.400. The number of amides is 1. The Bertz CT molecular complexity index is 589. The Morgan fingerprint density at radius 1 is 1.32 bits per heavy atom. The molecule has 1 aromatic carbocycles. The molecule has 0 saturated carbocycles. The molecule has 0 aliphatic carbocycles. The highest BCUT2D eigenvalue weighted by Gasteiger charge is 2.17. The van der Waals surface area contributed by atoms with Crippen molar-refractivity contribution in [1.29, 1.82) is 0 Å². The fourth-order valence-corrected chi connectivity index (χ4v) is 2.88. The molecule has 118 valence electrons. The molecule has 1 unspecified atom stereocenters. The summed E-state index contributed by atoms with van der Waals surface area (Å²) in [4.78, 5) is 12.0. The summed E-state index contributed by atoms with van der Waals surface area (Å²) in [6.45, 7) is 2.45. The van der Waals surface area contributed by atoms with E-state index in [4.69, 9.17) is 4.42 Å². The second-order valence-corrected chi connectivity index (χ2v) is 6.84. The monoisotopic (exact) mass is 337 g/mol. The standard InChI is InChI=1S/C15H19N3O2S2/c1-11(22-15-18-17-13(20-15)10-21-2)14(19)16-9-8-12-6-4-3-5-7-12/h3-7,11H,8-10H2,1-2H3,(H,16,19). The number of aromatic nitrogens is 2. The number of benzene rings is 1. The number of carbonyl (C=O) groups excluding carboxylic acids is 1. The van der Waals surface area contributed by atoms with Crippen molar-refractivity contribution in [3.8, 4) is 0 Å². The second-order valence-electron chi connectivity index (χ2n) is 4.68. The second kappa shape index (κ2) is 8.85. The summed E-state index contributed by atoms with van der Waals surface area (Å²) in [5.41, 5.74) is 1.21. The number of hydrogen-bond donors (Lipinski definition) is 1. The molecule has 1 heterocycles. The third kappa shape index (κ3) is 5.38. The Kier molecular flexibility index (Phi) is 6.79. The van der Waals surface area contributed by atoms with Crippen molar-refractivity contribution in [2.45, 2.75) is 29.6 Å². The van der Waals surface area contributed by atoms with Crippen LogP contribution in [0.3, 0.4) is 0 Å². The van der Waals surface area contributed by atoms with Crippen LogP contribution in [0.25, 0.3) is 0 Å². The van der Waals surface area contributed by atoms with Gasteiger partial charge in [0.1, 0.15) is 0 Å². The molecule has 1 N–H and O–H groups in total. The van der Waals surface area contributed by atoms with Crippen LogP contribution >= 0.6 is 23.5 Å². The van der Waals surface area contributed by atoms with Gasteiger partial charge in [0.05, 0.1) is 11.0 Å². The lowest BCUT2D eigenvalue weighted by Crippen LogP contribution is -2.32. The van der Waals surface area contributed by atoms with E-state index in [1.54, 1.807) is 11.8 Å². The van der Waals surface area contributed by atoms with Gasteiger partial charge in [0.25, 0.3) is 5.22 Å². The van der Waals surface area contributed by atoms with Gasteiger partial charge in [-0.1, -0.05) is 42.1 Å². The van der Waals surface area contributed by atoms with Crippen LogP contribution < -0.4 is 5.32 Å². The van der Waals surface area contributed by atoms with E-state index in [9.17, 15) is 4.79 Å². The van der Waals surface area contributed by atoms with Gasteiger partial charge in [0.2, 0.25) is 11.8 Å². The lowest BCUT2D eigenvalue weighted by Gasteiger charge is -2.09. The quantitative estimate of drug-likeness (QED) is 0.747. The van der Waals surface area contributed by atoms with Crippen LogP contribution in [0.1, 0.15) is 18.4 Å². The molecule has 1 aromatic heterocycles. The molecule has 0 fully saturated rings. The smallest absolute Gasteiger partial charge is 0.277 e. The fourth-order valence-electron chi connectivity index (χ4n) is 1.79. The zero-order valence-electron chi connectivity index (χ0n) is 12.6. The Hall–Kier alpha value is -1.47. The number of rotatable bonds is 8. The first-order valence-corrected chi connectivity index (χ1v) is 9.26. The molecular weight excluding hydrogens is 318 g/mol. The van der Waals surface area contributed by atoms with Crippen LogP contribution in [0.15, 0.2) is 40.0 Å². The maximum Gasteiger partial charge on any atom is 0.277 e. The van der Waals surface area contributed by atoms with E-state index in [1.165, 1.54) is 17.3 Å². The molecule has 1 amide bonds. The Morgan fingerprint density at radius 2 is 2.09 bits per heavy atom. The van der Waals surface area contributed by atoms with Crippen molar-refractivity contribution in [2.24, 2.45) is 0 Å². The van der Waals surface area contributed by atoms with Crippen LogP contribution in [-0.2, 0) is 17.0 Å². The summed E-state index contributed by atoms with van der Waals surface area (Å²) in [7, 11) is 0. The zero-order valence-corrected chi connectivity index (χ0v) is 14.2. The number of thioether (sulfide) groups is 2. The molecule has 2 aromatic rings. The average molecular weight is 337 g/mol. The topological polar surface area (TPSA) is 68.0 Å². The molecule has 22 heavy (non-hydrogen) atoms. The van der Waals surface area contributed by atoms with E-state index in [1.807, 2.05) is 31.4 Å². The van der Waals surface area contributed by atoms with Crippen LogP contribution in [0.2, 0.25) is 0 Å². The summed E-state index contributed by atoms with van der Waals surface area (Å²) in [5, 5.41) is 11.0. The molecule has 0 aliphatic rings. The molecule has 0 aliphatic heterocycles. The Morgan fingerprint density at radius 3 is 2.82 bits per heavy atom. The van der Waals surface area contributed by atoms with Crippen molar-refractivity contribution in [2.75, 3.05) is 12.8 Å². The van der Waals surface area contributed by atoms with E-state index in [0.717, 1.165) is 6.42 Å². The summed E-state index contributed by atoms with van der Waals surface area (Å²) in [6, 6.07) is 10.1. The lowest BCUT2D eigenvalue weighted by atomic mass is 10.1. The number of nitrogens with one attached hydrogen (secondary N) is 1. The highest BCUT2D eigenvalue weighted by atomic mass is 32.2. The minimum Gasteiger partial charge on any atom is -0.415 e. The van der Waals surface area contributed by atoms with Crippen molar-refractivity contribution in [3.05, 3.63) is 41.8 Å². The van der Waals surface area contributed by atoms with E-state index < -0.39 is 0 Å².